The standard InChI is InChI=1S/C19H21NO/c1-15-4-7-18(8-5-15)21-13-3-11-20-12-10-17-14-16(2)6-9-19(17)20/h4-10,12,14H,3,11,13H2,1-2H3. The van der Waals surface area contributed by atoms with Gasteiger partial charge in [-0.05, 0) is 56.0 Å². The zero-order chi connectivity index (χ0) is 14.7. The first-order valence-corrected chi connectivity index (χ1v) is 7.47. The van der Waals surface area contributed by atoms with E-state index in [1.165, 1.54) is 22.0 Å². The van der Waals surface area contributed by atoms with E-state index in [2.05, 4.69) is 61.0 Å². The maximum absolute atomic E-state index is 5.78. The van der Waals surface area contributed by atoms with Gasteiger partial charge < -0.3 is 9.30 Å². The summed E-state index contributed by atoms with van der Waals surface area (Å²) >= 11 is 0. The number of nitrogens with zero attached hydrogens (tertiary/aromatic N) is 1. The summed E-state index contributed by atoms with van der Waals surface area (Å²) in [5, 5.41) is 1.31. The van der Waals surface area contributed by atoms with Crippen molar-refractivity contribution in [3.8, 4) is 5.75 Å². The third-order valence-electron chi connectivity index (χ3n) is 3.76. The lowest BCUT2D eigenvalue weighted by Gasteiger charge is -2.08. The SMILES string of the molecule is Cc1ccc(OCCCn2ccc3cc(C)ccc32)cc1. The van der Waals surface area contributed by atoms with E-state index in [-0.39, 0.29) is 0 Å². The molecular weight excluding hydrogens is 258 g/mol. The van der Waals surface area contributed by atoms with Crippen molar-refractivity contribution in [1.82, 2.24) is 4.57 Å². The third kappa shape index (κ3) is 3.27. The molecule has 0 spiro atoms. The van der Waals surface area contributed by atoms with Gasteiger partial charge in [0.25, 0.3) is 0 Å². The van der Waals surface area contributed by atoms with Crippen LogP contribution in [0.2, 0.25) is 0 Å². The van der Waals surface area contributed by atoms with Crippen molar-refractivity contribution >= 4 is 10.9 Å². The van der Waals surface area contributed by atoms with Crippen LogP contribution in [0.5, 0.6) is 5.75 Å². The van der Waals surface area contributed by atoms with E-state index in [1.54, 1.807) is 0 Å². The van der Waals surface area contributed by atoms with Gasteiger partial charge in [-0.2, -0.15) is 0 Å². The van der Waals surface area contributed by atoms with Crippen LogP contribution in [0.15, 0.2) is 54.7 Å². The van der Waals surface area contributed by atoms with Crippen molar-refractivity contribution in [2.75, 3.05) is 6.61 Å². The summed E-state index contributed by atoms with van der Waals surface area (Å²) in [5.41, 5.74) is 3.87. The van der Waals surface area contributed by atoms with Crippen LogP contribution in [0.4, 0.5) is 0 Å². The molecule has 2 nitrogen and oxygen atoms in total. The van der Waals surface area contributed by atoms with Crippen molar-refractivity contribution < 1.29 is 4.74 Å². The average molecular weight is 279 g/mol. The van der Waals surface area contributed by atoms with E-state index in [0.717, 1.165) is 25.3 Å². The lowest BCUT2D eigenvalue weighted by Crippen LogP contribution is -2.03. The lowest BCUT2D eigenvalue weighted by molar-refractivity contribution is 0.302. The zero-order valence-corrected chi connectivity index (χ0v) is 12.7. The van der Waals surface area contributed by atoms with E-state index in [1.807, 2.05) is 12.1 Å². The molecule has 0 unspecified atom stereocenters. The van der Waals surface area contributed by atoms with E-state index in [0.29, 0.717) is 0 Å². The third-order valence-corrected chi connectivity index (χ3v) is 3.76. The summed E-state index contributed by atoms with van der Waals surface area (Å²) in [4.78, 5) is 0. The van der Waals surface area contributed by atoms with Gasteiger partial charge in [0.2, 0.25) is 0 Å². The fraction of sp³-hybridized carbons (Fsp3) is 0.263. The first-order valence-electron chi connectivity index (χ1n) is 7.47. The Morgan fingerprint density at radius 2 is 1.67 bits per heavy atom. The fourth-order valence-corrected chi connectivity index (χ4v) is 2.57. The minimum Gasteiger partial charge on any atom is -0.494 e. The molecule has 0 aliphatic carbocycles. The average Bonchev–Trinajstić information content (AvgIpc) is 2.87. The van der Waals surface area contributed by atoms with Gasteiger partial charge in [0.15, 0.2) is 0 Å². The smallest absolute Gasteiger partial charge is 0.119 e. The predicted molar refractivity (Wildman–Crippen MR) is 88.0 cm³/mol. The molecule has 21 heavy (non-hydrogen) atoms. The fourth-order valence-electron chi connectivity index (χ4n) is 2.57. The normalized spacial score (nSPS) is 11.0. The Balaban J connectivity index is 1.56. The molecule has 3 aromatic rings. The Bertz CT molecular complexity index is 725. The van der Waals surface area contributed by atoms with Crippen LogP contribution >= 0.6 is 0 Å². The van der Waals surface area contributed by atoms with Gasteiger partial charge in [-0.1, -0.05) is 29.3 Å². The van der Waals surface area contributed by atoms with Crippen molar-refractivity contribution in [3.05, 3.63) is 65.9 Å². The van der Waals surface area contributed by atoms with E-state index < -0.39 is 0 Å². The quantitative estimate of drug-likeness (QED) is 0.616. The molecular formula is C19H21NO. The second-order valence-corrected chi connectivity index (χ2v) is 5.59. The van der Waals surface area contributed by atoms with Gasteiger partial charge in [-0.3, -0.25) is 0 Å². The number of hydrogen-bond donors (Lipinski definition) is 0. The van der Waals surface area contributed by atoms with Crippen LogP contribution in [-0.2, 0) is 6.54 Å². The Labute approximate surface area is 126 Å². The highest BCUT2D eigenvalue weighted by molar-refractivity contribution is 5.80. The summed E-state index contributed by atoms with van der Waals surface area (Å²) in [6.45, 7) is 5.95. The van der Waals surface area contributed by atoms with Crippen molar-refractivity contribution in [2.24, 2.45) is 0 Å². The molecule has 0 amide bonds. The Morgan fingerprint density at radius 1 is 0.905 bits per heavy atom. The van der Waals surface area contributed by atoms with Gasteiger partial charge >= 0.3 is 0 Å². The molecule has 1 aromatic heterocycles. The molecule has 0 saturated carbocycles. The number of hydrogen-bond acceptors (Lipinski definition) is 1. The predicted octanol–water partition coefficient (Wildman–Crippen LogP) is 4.73. The molecule has 0 aliphatic rings. The molecule has 0 atom stereocenters. The van der Waals surface area contributed by atoms with Crippen LogP contribution < -0.4 is 4.74 Å². The summed E-state index contributed by atoms with van der Waals surface area (Å²) in [6.07, 6.45) is 3.17. The Kier molecular flexibility index (Phi) is 3.96. The Morgan fingerprint density at radius 3 is 2.48 bits per heavy atom. The molecule has 0 aliphatic heterocycles. The highest BCUT2D eigenvalue weighted by atomic mass is 16.5. The second kappa shape index (κ2) is 6.04. The minimum atomic E-state index is 0.745. The van der Waals surface area contributed by atoms with Crippen LogP contribution in [0, 0.1) is 13.8 Å². The molecule has 2 aromatic carbocycles. The number of aryl methyl sites for hydroxylation is 3. The summed E-state index contributed by atoms with van der Waals surface area (Å²) in [7, 11) is 0. The van der Waals surface area contributed by atoms with Crippen LogP contribution in [0.25, 0.3) is 10.9 Å². The number of fused-ring (bicyclic) bond motifs is 1. The largest absolute Gasteiger partial charge is 0.494 e. The molecule has 0 fully saturated rings. The molecule has 0 N–H and O–H groups in total. The number of benzene rings is 2. The van der Waals surface area contributed by atoms with Gasteiger partial charge in [-0.25, -0.2) is 0 Å². The highest BCUT2D eigenvalue weighted by Crippen LogP contribution is 2.18. The van der Waals surface area contributed by atoms with Gasteiger partial charge in [0.05, 0.1) is 6.61 Å². The summed E-state index contributed by atoms with van der Waals surface area (Å²) in [5.74, 6) is 0.952. The first kappa shape index (κ1) is 13.7. The maximum atomic E-state index is 5.78. The van der Waals surface area contributed by atoms with Crippen molar-refractivity contribution in [2.45, 2.75) is 26.8 Å². The minimum absolute atomic E-state index is 0.745. The molecule has 2 heteroatoms. The first-order chi connectivity index (χ1) is 10.2. The number of ether oxygens (including phenoxy) is 1. The second-order valence-electron chi connectivity index (χ2n) is 5.59. The lowest BCUT2D eigenvalue weighted by atomic mass is 10.2. The molecule has 0 radical (unpaired) electrons. The molecule has 1 heterocycles. The monoisotopic (exact) mass is 279 g/mol. The topological polar surface area (TPSA) is 14.2 Å². The Hall–Kier alpha value is -2.22. The van der Waals surface area contributed by atoms with Gasteiger partial charge in [0.1, 0.15) is 5.75 Å². The van der Waals surface area contributed by atoms with Gasteiger partial charge in [-0.15, -0.1) is 0 Å². The molecule has 0 bridgehead atoms. The van der Waals surface area contributed by atoms with Crippen LogP contribution in [0.3, 0.4) is 0 Å². The highest BCUT2D eigenvalue weighted by Gasteiger charge is 2.01. The van der Waals surface area contributed by atoms with Crippen LogP contribution in [0.1, 0.15) is 17.5 Å². The van der Waals surface area contributed by atoms with Gasteiger partial charge in [0, 0.05) is 18.3 Å². The summed E-state index contributed by atoms with van der Waals surface area (Å²) < 4.78 is 8.08. The molecule has 0 saturated heterocycles. The zero-order valence-electron chi connectivity index (χ0n) is 12.7. The number of rotatable bonds is 5. The molecule has 3 rings (SSSR count). The van der Waals surface area contributed by atoms with E-state index in [9.17, 15) is 0 Å². The van der Waals surface area contributed by atoms with E-state index in [4.69, 9.17) is 4.74 Å². The number of aromatic nitrogens is 1. The van der Waals surface area contributed by atoms with E-state index >= 15 is 0 Å². The maximum Gasteiger partial charge on any atom is 0.119 e. The summed E-state index contributed by atoms with van der Waals surface area (Å²) in [6, 6.07) is 17.0. The van der Waals surface area contributed by atoms with Crippen molar-refractivity contribution in [1.29, 1.82) is 0 Å². The van der Waals surface area contributed by atoms with Crippen molar-refractivity contribution in [3.63, 3.8) is 0 Å². The molecule has 108 valence electrons. The van der Waals surface area contributed by atoms with Crippen LogP contribution in [-0.4, -0.2) is 11.2 Å².